The normalized spacial score (nSPS) is 15.1. The largest absolute Gasteiger partial charge is 0.299 e. The monoisotopic (exact) mass is 240 g/mol. The zero-order valence-corrected chi connectivity index (χ0v) is 9.77. The van der Waals surface area contributed by atoms with Crippen molar-refractivity contribution in [3.8, 4) is 0 Å². The molecule has 1 fully saturated rings. The van der Waals surface area contributed by atoms with Gasteiger partial charge in [-0.1, -0.05) is 17.7 Å². The Kier molecular flexibility index (Phi) is 3.59. The molecule has 0 unspecified atom stereocenters. The van der Waals surface area contributed by atoms with Gasteiger partial charge in [-0.25, -0.2) is 4.39 Å². The van der Waals surface area contributed by atoms with Gasteiger partial charge in [-0.15, -0.1) is 0 Å². The topological polar surface area (TPSA) is 17.1 Å². The van der Waals surface area contributed by atoms with Crippen LogP contribution in [-0.4, -0.2) is 5.78 Å². The predicted molar refractivity (Wildman–Crippen MR) is 62.1 cm³/mol. The van der Waals surface area contributed by atoms with E-state index in [-0.39, 0.29) is 5.82 Å². The highest BCUT2D eigenvalue weighted by Gasteiger charge is 2.28. The standard InChI is InChI=1S/C13H14ClFO/c14-11-4-2-5-12(15)10(11)3-1-6-13(16)9-7-8-9/h2,4-5,9H,1,3,6-8H2. The van der Waals surface area contributed by atoms with E-state index in [2.05, 4.69) is 0 Å². The summed E-state index contributed by atoms with van der Waals surface area (Å²) in [4.78, 5) is 11.4. The van der Waals surface area contributed by atoms with Crippen LogP contribution in [0.15, 0.2) is 18.2 Å². The summed E-state index contributed by atoms with van der Waals surface area (Å²) < 4.78 is 13.4. The van der Waals surface area contributed by atoms with E-state index in [0.717, 1.165) is 12.8 Å². The van der Waals surface area contributed by atoms with Crippen LogP contribution < -0.4 is 0 Å². The first-order chi connectivity index (χ1) is 7.68. The lowest BCUT2D eigenvalue weighted by Crippen LogP contribution is -2.01. The number of rotatable bonds is 5. The Labute approximate surface area is 99.6 Å². The minimum atomic E-state index is -0.272. The summed E-state index contributed by atoms with van der Waals surface area (Å²) in [5, 5.41) is 0.457. The molecule has 1 aliphatic rings. The highest BCUT2D eigenvalue weighted by Crippen LogP contribution is 2.31. The van der Waals surface area contributed by atoms with Crippen molar-refractivity contribution in [2.75, 3.05) is 0 Å². The second-order valence-electron chi connectivity index (χ2n) is 4.29. The molecular formula is C13H14ClFO. The average molecular weight is 241 g/mol. The van der Waals surface area contributed by atoms with Crippen LogP contribution in [0.1, 0.15) is 31.2 Å². The maximum Gasteiger partial charge on any atom is 0.135 e. The molecule has 3 heteroatoms. The van der Waals surface area contributed by atoms with Crippen LogP contribution in [0.2, 0.25) is 5.02 Å². The summed E-state index contributed by atoms with van der Waals surface area (Å²) >= 11 is 5.89. The van der Waals surface area contributed by atoms with Crippen molar-refractivity contribution in [2.24, 2.45) is 5.92 Å². The van der Waals surface area contributed by atoms with Crippen molar-refractivity contribution in [3.63, 3.8) is 0 Å². The molecule has 0 aliphatic heterocycles. The van der Waals surface area contributed by atoms with E-state index in [9.17, 15) is 9.18 Å². The van der Waals surface area contributed by atoms with Crippen molar-refractivity contribution in [3.05, 3.63) is 34.6 Å². The summed E-state index contributed by atoms with van der Waals surface area (Å²) in [6.45, 7) is 0. The maximum absolute atomic E-state index is 13.4. The van der Waals surface area contributed by atoms with Gasteiger partial charge >= 0.3 is 0 Å². The molecular weight excluding hydrogens is 227 g/mol. The summed E-state index contributed by atoms with van der Waals surface area (Å²) in [5.41, 5.74) is 0.535. The highest BCUT2D eigenvalue weighted by atomic mass is 35.5. The van der Waals surface area contributed by atoms with E-state index < -0.39 is 0 Å². The summed E-state index contributed by atoms with van der Waals surface area (Å²) in [7, 11) is 0. The molecule has 0 atom stereocenters. The number of hydrogen-bond acceptors (Lipinski definition) is 1. The molecule has 0 radical (unpaired) electrons. The third-order valence-corrected chi connectivity index (χ3v) is 3.30. The first-order valence-corrected chi connectivity index (χ1v) is 6.02. The van der Waals surface area contributed by atoms with Gasteiger partial charge in [0, 0.05) is 22.9 Å². The second kappa shape index (κ2) is 4.96. The first-order valence-electron chi connectivity index (χ1n) is 5.64. The molecule has 0 amide bonds. The van der Waals surface area contributed by atoms with E-state index in [1.165, 1.54) is 6.07 Å². The molecule has 86 valence electrons. The molecule has 0 bridgehead atoms. The van der Waals surface area contributed by atoms with Gasteiger partial charge in [-0.2, -0.15) is 0 Å². The second-order valence-corrected chi connectivity index (χ2v) is 4.70. The Balaban J connectivity index is 1.86. The lowest BCUT2D eigenvalue weighted by atomic mass is 10.0. The summed E-state index contributed by atoms with van der Waals surface area (Å²) in [5.74, 6) is 0.356. The minimum absolute atomic E-state index is 0.272. The SMILES string of the molecule is O=C(CCCc1c(F)cccc1Cl)C1CC1. The molecule has 1 aromatic rings. The lowest BCUT2D eigenvalue weighted by Gasteiger charge is -2.05. The maximum atomic E-state index is 13.4. The van der Waals surface area contributed by atoms with Gasteiger partial charge in [0.15, 0.2) is 0 Å². The predicted octanol–water partition coefficient (Wildman–Crippen LogP) is 3.78. The van der Waals surface area contributed by atoms with Crippen LogP contribution in [0.25, 0.3) is 0 Å². The van der Waals surface area contributed by atoms with Gasteiger partial charge in [0.1, 0.15) is 11.6 Å². The summed E-state index contributed by atoms with van der Waals surface area (Å²) in [6, 6.07) is 4.68. The fourth-order valence-corrected chi connectivity index (χ4v) is 2.08. The fourth-order valence-electron chi connectivity index (χ4n) is 1.82. The first kappa shape index (κ1) is 11.6. The number of Topliss-reactive ketones (excluding diaryl/α,β-unsaturated/α-hetero) is 1. The number of hydrogen-bond donors (Lipinski definition) is 0. The average Bonchev–Trinajstić information content (AvgIpc) is 3.05. The van der Waals surface area contributed by atoms with Crippen molar-refractivity contribution in [1.29, 1.82) is 0 Å². The molecule has 1 aliphatic carbocycles. The van der Waals surface area contributed by atoms with Crippen LogP contribution in [0.5, 0.6) is 0 Å². The van der Waals surface area contributed by atoms with E-state index in [1.54, 1.807) is 12.1 Å². The van der Waals surface area contributed by atoms with Gasteiger partial charge in [-0.3, -0.25) is 4.79 Å². The van der Waals surface area contributed by atoms with E-state index in [4.69, 9.17) is 11.6 Å². The number of ketones is 1. The Morgan fingerprint density at radius 2 is 2.19 bits per heavy atom. The van der Waals surface area contributed by atoms with Gasteiger partial charge in [0.25, 0.3) is 0 Å². The Bertz CT molecular complexity index is 379. The zero-order chi connectivity index (χ0) is 11.5. The lowest BCUT2D eigenvalue weighted by molar-refractivity contribution is -0.120. The molecule has 0 saturated heterocycles. The minimum Gasteiger partial charge on any atom is -0.299 e. The van der Waals surface area contributed by atoms with Gasteiger partial charge in [-0.05, 0) is 37.8 Å². The highest BCUT2D eigenvalue weighted by molar-refractivity contribution is 6.31. The van der Waals surface area contributed by atoms with Crippen LogP contribution in [0.3, 0.4) is 0 Å². The van der Waals surface area contributed by atoms with Crippen molar-refractivity contribution >= 4 is 17.4 Å². The van der Waals surface area contributed by atoms with Crippen molar-refractivity contribution in [2.45, 2.75) is 32.1 Å². The molecule has 2 rings (SSSR count). The molecule has 0 N–H and O–H groups in total. The molecule has 0 aromatic heterocycles. The number of carbonyl (C=O) groups is 1. The number of halogens is 2. The fraction of sp³-hybridized carbons (Fsp3) is 0.462. The summed E-state index contributed by atoms with van der Waals surface area (Å²) in [6.07, 6.45) is 3.87. The van der Waals surface area contributed by atoms with Crippen molar-refractivity contribution < 1.29 is 9.18 Å². The number of carbonyl (C=O) groups excluding carboxylic acids is 1. The Hall–Kier alpha value is -0.890. The van der Waals surface area contributed by atoms with Gasteiger partial charge < -0.3 is 0 Å². The van der Waals surface area contributed by atoms with E-state index in [1.807, 2.05) is 0 Å². The quantitative estimate of drug-likeness (QED) is 0.766. The molecule has 1 aromatic carbocycles. The van der Waals surface area contributed by atoms with Crippen LogP contribution in [0.4, 0.5) is 4.39 Å². The van der Waals surface area contributed by atoms with Crippen LogP contribution in [-0.2, 0) is 11.2 Å². The van der Waals surface area contributed by atoms with Gasteiger partial charge in [0.2, 0.25) is 0 Å². The van der Waals surface area contributed by atoms with Crippen molar-refractivity contribution in [1.82, 2.24) is 0 Å². The molecule has 1 saturated carbocycles. The van der Waals surface area contributed by atoms with Crippen LogP contribution >= 0.6 is 11.6 Å². The van der Waals surface area contributed by atoms with Gasteiger partial charge in [0.05, 0.1) is 0 Å². The zero-order valence-electron chi connectivity index (χ0n) is 9.01. The third-order valence-electron chi connectivity index (χ3n) is 2.94. The van der Waals surface area contributed by atoms with Crippen LogP contribution in [0, 0.1) is 11.7 Å². The molecule has 1 nitrogen and oxygen atoms in total. The molecule has 16 heavy (non-hydrogen) atoms. The molecule has 0 heterocycles. The Morgan fingerprint density at radius 3 is 2.81 bits per heavy atom. The Morgan fingerprint density at radius 1 is 1.44 bits per heavy atom. The molecule has 0 spiro atoms. The third kappa shape index (κ3) is 2.82. The smallest absolute Gasteiger partial charge is 0.135 e. The number of benzene rings is 1. The van der Waals surface area contributed by atoms with E-state index in [0.29, 0.717) is 41.5 Å². The van der Waals surface area contributed by atoms with E-state index >= 15 is 0 Å².